The van der Waals surface area contributed by atoms with Crippen LogP contribution >= 0.6 is 0 Å². The van der Waals surface area contributed by atoms with Crippen molar-refractivity contribution in [2.45, 2.75) is 45.6 Å². The van der Waals surface area contributed by atoms with Crippen molar-refractivity contribution < 1.29 is 19.0 Å². The molecule has 1 atom stereocenters. The van der Waals surface area contributed by atoms with Gasteiger partial charge in [-0.25, -0.2) is 14.2 Å². The number of hydrogen-bond acceptors (Lipinski definition) is 6. The third kappa shape index (κ3) is 2.40. The third-order valence-corrected chi connectivity index (χ3v) is 6.64. The molecule has 0 spiro atoms. The number of esters is 1. The van der Waals surface area contributed by atoms with Crippen LogP contribution in [0.25, 0.3) is 22.3 Å². The summed E-state index contributed by atoms with van der Waals surface area (Å²) < 4.78 is 21.2. The Morgan fingerprint density at radius 1 is 1.38 bits per heavy atom. The SMILES string of the molecule is C#Cc1c(C)c(F)cc2nc3c(c(CN)c12)Cn1c-3cc2c(c1=O)COC(=O)[C@]2(O)CC. The van der Waals surface area contributed by atoms with E-state index >= 15 is 0 Å². The lowest BCUT2D eigenvalue weighted by Gasteiger charge is -2.31. The Kier molecular flexibility index (Phi) is 4.28. The molecule has 0 saturated heterocycles. The molecule has 7 nitrogen and oxygen atoms in total. The zero-order valence-electron chi connectivity index (χ0n) is 17.6. The predicted octanol–water partition coefficient (Wildman–Crippen LogP) is 1.97. The zero-order valence-corrected chi connectivity index (χ0v) is 17.6. The van der Waals surface area contributed by atoms with Gasteiger partial charge in [-0.2, -0.15) is 0 Å². The number of carbonyl (C=O) groups is 1. The molecule has 5 rings (SSSR count). The molecule has 162 valence electrons. The van der Waals surface area contributed by atoms with Crippen LogP contribution < -0.4 is 11.3 Å². The molecule has 0 saturated carbocycles. The molecule has 2 aliphatic rings. The number of benzene rings is 1. The number of pyridine rings is 2. The number of terminal acetylenes is 1. The summed E-state index contributed by atoms with van der Waals surface area (Å²) >= 11 is 0. The second-order valence-electron chi connectivity index (χ2n) is 8.12. The molecule has 4 heterocycles. The van der Waals surface area contributed by atoms with Crippen molar-refractivity contribution in [1.82, 2.24) is 9.55 Å². The number of cyclic esters (lactones) is 1. The molecule has 1 aromatic carbocycles. The zero-order chi connectivity index (χ0) is 22.9. The molecule has 0 fully saturated rings. The summed E-state index contributed by atoms with van der Waals surface area (Å²) in [7, 11) is 0. The van der Waals surface area contributed by atoms with Crippen LogP contribution in [-0.2, 0) is 34.8 Å². The van der Waals surface area contributed by atoms with E-state index in [-0.39, 0.29) is 42.8 Å². The first kappa shape index (κ1) is 20.4. The Bertz CT molecular complexity index is 1470. The molecular formula is C24H20FN3O4. The van der Waals surface area contributed by atoms with E-state index in [1.807, 2.05) is 0 Å². The van der Waals surface area contributed by atoms with Crippen LogP contribution in [0, 0.1) is 25.1 Å². The maximum atomic E-state index is 14.6. The number of rotatable bonds is 2. The molecule has 2 aliphatic heterocycles. The molecule has 2 aromatic heterocycles. The van der Waals surface area contributed by atoms with E-state index in [1.165, 1.54) is 10.6 Å². The van der Waals surface area contributed by atoms with Crippen LogP contribution in [0.1, 0.15) is 46.7 Å². The van der Waals surface area contributed by atoms with Gasteiger partial charge in [-0.05, 0) is 25.0 Å². The fourth-order valence-corrected chi connectivity index (χ4v) is 4.81. The van der Waals surface area contributed by atoms with E-state index in [0.29, 0.717) is 44.5 Å². The number of ether oxygens (including phenoxy) is 1. The Balaban J connectivity index is 1.88. The van der Waals surface area contributed by atoms with Crippen LogP contribution in [0.5, 0.6) is 0 Å². The van der Waals surface area contributed by atoms with Gasteiger partial charge in [0.1, 0.15) is 12.4 Å². The van der Waals surface area contributed by atoms with Gasteiger partial charge in [0.25, 0.3) is 5.56 Å². The first-order valence-electron chi connectivity index (χ1n) is 10.2. The fourth-order valence-electron chi connectivity index (χ4n) is 4.81. The van der Waals surface area contributed by atoms with Gasteiger partial charge < -0.3 is 20.1 Å². The lowest BCUT2D eigenvalue weighted by atomic mass is 9.86. The smallest absolute Gasteiger partial charge is 0.343 e. The normalized spacial score (nSPS) is 18.7. The molecule has 0 bridgehead atoms. The third-order valence-electron chi connectivity index (χ3n) is 6.64. The summed E-state index contributed by atoms with van der Waals surface area (Å²) in [5.74, 6) is 1.28. The van der Waals surface area contributed by atoms with Gasteiger partial charge in [0.2, 0.25) is 0 Å². The minimum Gasteiger partial charge on any atom is -0.458 e. The highest BCUT2D eigenvalue weighted by Gasteiger charge is 2.45. The molecule has 0 unspecified atom stereocenters. The lowest BCUT2D eigenvalue weighted by molar-refractivity contribution is -0.172. The van der Waals surface area contributed by atoms with Crippen LogP contribution in [0.3, 0.4) is 0 Å². The fraction of sp³-hybridized carbons (Fsp3) is 0.292. The number of aliphatic hydroxyl groups is 1. The first-order chi connectivity index (χ1) is 15.3. The molecule has 0 radical (unpaired) electrons. The standard InChI is InChI=1S/C24H20FN3O4/c1-4-12-11(3)17(25)7-18-20(12)13(8-26)14-9-28-19(21(14)27-18)6-16-15(22(28)29)10-32-23(30)24(16,31)5-2/h1,6-7,31H,5,8-10,26H2,2-3H3/t24-/m0/s1. The van der Waals surface area contributed by atoms with Crippen molar-refractivity contribution in [3.05, 3.63) is 61.7 Å². The minimum atomic E-state index is -1.92. The molecule has 32 heavy (non-hydrogen) atoms. The summed E-state index contributed by atoms with van der Waals surface area (Å²) in [5, 5.41) is 11.6. The average Bonchev–Trinajstić information content (AvgIpc) is 3.15. The number of hydrogen-bond donors (Lipinski definition) is 2. The molecule has 0 amide bonds. The molecular weight excluding hydrogens is 413 g/mol. The van der Waals surface area contributed by atoms with E-state index in [0.717, 1.165) is 0 Å². The van der Waals surface area contributed by atoms with E-state index in [1.54, 1.807) is 19.9 Å². The largest absolute Gasteiger partial charge is 0.458 e. The van der Waals surface area contributed by atoms with Crippen LogP contribution in [0.2, 0.25) is 0 Å². The van der Waals surface area contributed by atoms with Gasteiger partial charge in [0, 0.05) is 40.3 Å². The second-order valence-corrected chi connectivity index (χ2v) is 8.12. The van der Waals surface area contributed by atoms with Gasteiger partial charge in [0.05, 0.1) is 29.0 Å². The summed E-state index contributed by atoms with van der Waals surface area (Å²) in [6.07, 6.45) is 5.73. The topological polar surface area (TPSA) is 107 Å². The van der Waals surface area contributed by atoms with Gasteiger partial charge in [0.15, 0.2) is 5.60 Å². The molecule has 3 N–H and O–H groups in total. The number of aromatic nitrogens is 2. The monoisotopic (exact) mass is 433 g/mol. The quantitative estimate of drug-likeness (QED) is 0.370. The van der Waals surface area contributed by atoms with Crippen molar-refractivity contribution >= 4 is 16.9 Å². The number of nitrogens with two attached hydrogens (primary N) is 1. The van der Waals surface area contributed by atoms with E-state index in [2.05, 4.69) is 10.9 Å². The average molecular weight is 433 g/mol. The van der Waals surface area contributed by atoms with E-state index in [4.69, 9.17) is 16.9 Å². The van der Waals surface area contributed by atoms with Crippen molar-refractivity contribution in [3.63, 3.8) is 0 Å². The van der Waals surface area contributed by atoms with Gasteiger partial charge in [-0.15, -0.1) is 6.42 Å². The summed E-state index contributed by atoms with van der Waals surface area (Å²) in [6, 6.07) is 2.92. The second kappa shape index (κ2) is 6.73. The highest BCUT2D eigenvalue weighted by atomic mass is 19.1. The number of nitrogens with zero attached hydrogens (tertiary/aromatic N) is 2. The molecule has 0 aliphatic carbocycles. The molecule has 3 aromatic rings. The summed E-state index contributed by atoms with van der Waals surface area (Å²) in [5.41, 5.74) is 7.62. The van der Waals surface area contributed by atoms with Gasteiger partial charge in [-0.3, -0.25) is 4.79 Å². The van der Waals surface area contributed by atoms with Gasteiger partial charge in [-0.1, -0.05) is 12.8 Å². The maximum absolute atomic E-state index is 14.6. The highest BCUT2D eigenvalue weighted by molar-refractivity contribution is 5.94. The molecule has 8 heteroatoms. The van der Waals surface area contributed by atoms with Crippen molar-refractivity contribution in [1.29, 1.82) is 0 Å². The summed E-state index contributed by atoms with van der Waals surface area (Å²) in [4.78, 5) is 30.3. The van der Waals surface area contributed by atoms with E-state index < -0.39 is 17.4 Å². The number of carbonyl (C=O) groups excluding carboxylic acids is 1. The Morgan fingerprint density at radius 3 is 2.78 bits per heavy atom. The highest BCUT2D eigenvalue weighted by Crippen LogP contribution is 2.41. The Hall–Kier alpha value is -3.54. The van der Waals surface area contributed by atoms with E-state index in [9.17, 15) is 19.1 Å². The van der Waals surface area contributed by atoms with Crippen LogP contribution in [0.15, 0.2) is 16.9 Å². The predicted molar refractivity (Wildman–Crippen MR) is 115 cm³/mol. The van der Waals surface area contributed by atoms with Crippen LogP contribution in [0.4, 0.5) is 4.39 Å². The van der Waals surface area contributed by atoms with Crippen molar-refractivity contribution in [2.75, 3.05) is 0 Å². The van der Waals surface area contributed by atoms with Gasteiger partial charge >= 0.3 is 5.97 Å². The van der Waals surface area contributed by atoms with Crippen molar-refractivity contribution in [2.24, 2.45) is 5.73 Å². The lowest BCUT2D eigenvalue weighted by Crippen LogP contribution is -2.44. The first-order valence-corrected chi connectivity index (χ1v) is 10.2. The van der Waals surface area contributed by atoms with Crippen LogP contribution in [-0.4, -0.2) is 20.6 Å². The Morgan fingerprint density at radius 2 is 2.12 bits per heavy atom. The Labute approximate surface area is 182 Å². The maximum Gasteiger partial charge on any atom is 0.343 e. The van der Waals surface area contributed by atoms with Crippen molar-refractivity contribution in [3.8, 4) is 23.7 Å². The minimum absolute atomic E-state index is 0.0454. The summed E-state index contributed by atoms with van der Waals surface area (Å²) in [6.45, 7) is 3.35. The number of fused-ring (bicyclic) bond motifs is 5. The number of halogens is 1.